The number of nitrogens with zero attached hydrogens (tertiary/aromatic N) is 1. The fraction of sp³-hybridized carbons (Fsp3) is 0.774. The molecule has 0 saturated heterocycles. The van der Waals surface area contributed by atoms with E-state index in [-0.39, 0.29) is 0 Å². The zero-order chi connectivity index (χ0) is 23.0. The summed E-state index contributed by atoms with van der Waals surface area (Å²) in [4.78, 5) is 0. The largest absolute Gasteiger partial charge is 0.381 e. The molecular weight excluding hydrogens is 402 g/mol. The Labute approximate surface area is 202 Å². The van der Waals surface area contributed by atoms with Crippen molar-refractivity contribution in [3.63, 3.8) is 0 Å². The molecule has 180 valence electrons. The Hall–Kier alpha value is -1.33. The van der Waals surface area contributed by atoms with Crippen molar-refractivity contribution in [1.82, 2.24) is 0 Å². The van der Waals surface area contributed by atoms with Gasteiger partial charge in [0.2, 0.25) is 0 Å². The third kappa shape index (κ3) is 4.29. The lowest BCUT2D eigenvalue weighted by Gasteiger charge is -2.57. The van der Waals surface area contributed by atoms with E-state index >= 15 is 0 Å². The van der Waals surface area contributed by atoms with Crippen LogP contribution >= 0.6 is 0 Å². The van der Waals surface area contributed by atoms with E-state index in [1.807, 2.05) is 12.1 Å². The molecule has 4 aliphatic rings. The van der Waals surface area contributed by atoms with Gasteiger partial charge in [-0.2, -0.15) is 5.26 Å². The van der Waals surface area contributed by atoms with Gasteiger partial charge >= 0.3 is 0 Å². The molecule has 2 nitrogen and oxygen atoms in total. The molecule has 0 N–H and O–H groups in total. The van der Waals surface area contributed by atoms with Crippen molar-refractivity contribution in [3.8, 4) is 6.07 Å². The van der Waals surface area contributed by atoms with Crippen molar-refractivity contribution < 1.29 is 4.74 Å². The Bertz CT molecular complexity index is 857. The predicted octanol–water partition coefficient (Wildman–Crippen LogP) is 7.66. The van der Waals surface area contributed by atoms with Crippen LogP contribution in [0.2, 0.25) is 0 Å². The van der Waals surface area contributed by atoms with Crippen LogP contribution in [-0.2, 0) is 11.2 Å². The first kappa shape index (κ1) is 23.4. The summed E-state index contributed by atoms with van der Waals surface area (Å²) in [5.41, 5.74) is 2.66. The molecule has 0 spiro atoms. The molecule has 0 bridgehead atoms. The second kappa shape index (κ2) is 9.73. The Kier molecular flexibility index (Phi) is 6.91. The molecule has 9 atom stereocenters. The van der Waals surface area contributed by atoms with E-state index in [0.717, 1.165) is 66.6 Å². The molecule has 0 radical (unpaired) electrons. The summed E-state index contributed by atoms with van der Waals surface area (Å²) < 4.78 is 5.80. The van der Waals surface area contributed by atoms with E-state index in [9.17, 15) is 5.26 Å². The lowest BCUT2D eigenvalue weighted by Crippen LogP contribution is -2.49. The van der Waals surface area contributed by atoms with Crippen molar-refractivity contribution >= 4 is 0 Å². The van der Waals surface area contributed by atoms with Crippen LogP contribution in [0.1, 0.15) is 89.7 Å². The summed E-state index contributed by atoms with van der Waals surface area (Å²) in [6.07, 6.45) is 14.1. The number of hydrogen-bond donors (Lipinski definition) is 0. The highest BCUT2D eigenvalue weighted by atomic mass is 16.5. The topological polar surface area (TPSA) is 33.0 Å². The monoisotopic (exact) mass is 447 g/mol. The van der Waals surface area contributed by atoms with Crippen molar-refractivity contribution in [2.24, 2.45) is 52.8 Å². The highest BCUT2D eigenvalue weighted by Gasteiger charge is 2.57. The predicted molar refractivity (Wildman–Crippen MR) is 135 cm³/mol. The Morgan fingerprint density at radius 2 is 1.85 bits per heavy atom. The minimum Gasteiger partial charge on any atom is -0.381 e. The molecule has 2 heteroatoms. The van der Waals surface area contributed by atoms with Crippen LogP contribution in [0, 0.1) is 64.1 Å². The quantitative estimate of drug-likeness (QED) is 0.448. The Morgan fingerprint density at radius 1 is 1.03 bits per heavy atom. The van der Waals surface area contributed by atoms with Gasteiger partial charge in [0.1, 0.15) is 0 Å². The van der Waals surface area contributed by atoms with Gasteiger partial charge in [0.05, 0.1) is 11.6 Å². The first-order chi connectivity index (χ1) is 16.0. The zero-order valence-corrected chi connectivity index (χ0v) is 21.3. The van der Waals surface area contributed by atoms with Gasteiger partial charge in [-0.1, -0.05) is 32.0 Å². The fourth-order valence-electron chi connectivity index (χ4n) is 9.66. The average Bonchev–Trinajstić information content (AvgIpc) is 3.20. The highest BCUT2D eigenvalue weighted by Crippen LogP contribution is 2.65. The second-order valence-corrected chi connectivity index (χ2v) is 12.5. The number of hydrogen-bond acceptors (Lipinski definition) is 2. The van der Waals surface area contributed by atoms with Gasteiger partial charge in [-0.15, -0.1) is 0 Å². The molecule has 4 saturated carbocycles. The lowest BCUT2D eigenvalue weighted by molar-refractivity contribution is -0.0777. The third-order valence-electron chi connectivity index (χ3n) is 11.1. The van der Waals surface area contributed by atoms with Crippen molar-refractivity contribution in [3.05, 3.63) is 35.4 Å². The fourth-order valence-corrected chi connectivity index (χ4v) is 9.66. The van der Waals surface area contributed by atoms with Gasteiger partial charge in [0, 0.05) is 13.2 Å². The van der Waals surface area contributed by atoms with Gasteiger partial charge in [-0.25, -0.2) is 0 Å². The molecule has 4 aliphatic carbocycles. The van der Waals surface area contributed by atoms with Crippen LogP contribution in [0.5, 0.6) is 0 Å². The molecule has 4 fully saturated rings. The number of benzene rings is 1. The van der Waals surface area contributed by atoms with E-state index in [4.69, 9.17) is 4.74 Å². The smallest absolute Gasteiger partial charge is 0.0994 e. The summed E-state index contributed by atoms with van der Waals surface area (Å²) in [6, 6.07) is 10.7. The van der Waals surface area contributed by atoms with Gasteiger partial charge < -0.3 is 4.74 Å². The number of nitriles is 1. The van der Waals surface area contributed by atoms with Crippen LogP contribution in [0.4, 0.5) is 0 Å². The maximum absolute atomic E-state index is 9.56. The molecule has 0 amide bonds. The van der Waals surface area contributed by atoms with Gasteiger partial charge in [-0.3, -0.25) is 0 Å². The Morgan fingerprint density at radius 3 is 2.67 bits per heavy atom. The third-order valence-corrected chi connectivity index (χ3v) is 11.1. The molecular formula is C31H45NO. The van der Waals surface area contributed by atoms with E-state index in [1.165, 1.54) is 63.4 Å². The molecule has 5 rings (SSSR count). The van der Waals surface area contributed by atoms with Crippen molar-refractivity contribution in [2.75, 3.05) is 13.2 Å². The summed E-state index contributed by atoms with van der Waals surface area (Å²) in [6.45, 7) is 9.16. The van der Waals surface area contributed by atoms with Crippen molar-refractivity contribution in [1.29, 1.82) is 5.26 Å². The van der Waals surface area contributed by atoms with E-state index in [0.29, 0.717) is 11.3 Å². The molecule has 1 aromatic rings. The van der Waals surface area contributed by atoms with Crippen LogP contribution in [0.3, 0.4) is 0 Å². The van der Waals surface area contributed by atoms with Gasteiger partial charge in [0.25, 0.3) is 0 Å². The number of fused-ring (bicyclic) bond motifs is 5. The van der Waals surface area contributed by atoms with Crippen LogP contribution < -0.4 is 0 Å². The maximum Gasteiger partial charge on any atom is 0.0994 e. The number of rotatable bonds is 6. The van der Waals surface area contributed by atoms with E-state index < -0.39 is 0 Å². The van der Waals surface area contributed by atoms with E-state index in [1.54, 1.807) is 0 Å². The molecule has 0 aromatic heterocycles. The second-order valence-electron chi connectivity index (χ2n) is 12.5. The number of ether oxygens (including phenoxy) is 1. The summed E-state index contributed by atoms with van der Waals surface area (Å²) >= 11 is 0. The average molecular weight is 448 g/mol. The molecule has 0 aliphatic heterocycles. The van der Waals surface area contributed by atoms with Crippen molar-refractivity contribution in [2.45, 2.75) is 85.0 Å². The molecule has 1 aromatic carbocycles. The standard InChI is InChI=1S/C31H45NO/c1-4-33-20-22-9-11-26-24(18-22)10-12-28-27(26)15-16-31(3)29(13-14-30(28)31)21(2)17-23-7-5-6-8-25(23)19-32/h5-8,21-22,24,26-30H,4,9-18,20H2,1-3H3/t21-,22+,24-,26+,27-,28-,29-,30+,31-/m1/s1. The SMILES string of the molecule is CCOC[C@H]1CC[C@H]2[C@H](CC[C@@H]3[C@@H]2CC[C@]2(C)[C@@H]([C@H](C)Cc4ccccc4C#N)CC[C@@H]32)C1. The summed E-state index contributed by atoms with van der Waals surface area (Å²) in [5, 5.41) is 9.56. The maximum atomic E-state index is 9.56. The first-order valence-corrected chi connectivity index (χ1v) is 14.1. The first-order valence-electron chi connectivity index (χ1n) is 14.1. The molecule has 0 heterocycles. The Balaban J connectivity index is 1.26. The van der Waals surface area contributed by atoms with E-state index in [2.05, 4.69) is 39.0 Å². The van der Waals surface area contributed by atoms with Gasteiger partial charge in [-0.05, 0) is 136 Å². The minimum absolute atomic E-state index is 0.515. The lowest BCUT2D eigenvalue weighted by atomic mass is 9.48. The van der Waals surface area contributed by atoms with Crippen LogP contribution in [0.15, 0.2) is 24.3 Å². The zero-order valence-electron chi connectivity index (χ0n) is 21.3. The summed E-state index contributed by atoms with van der Waals surface area (Å²) in [5.74, 6) is 7.21. The van der Waals surface area contributed by atoms with Gasteiger partial charge in [0.15, 0.2) is 0 Å². The summed E-state index contributed by atoms with van der Waals surface area (Å²) in [7, 11) is 0. The molecule has 0 unspecified atom stereocenters. The highest BCUT2D eigenvalue weighted by molar-refractivity contribution is 5.37. The normalized spacial score (nSPS) is 40.8. The minimum atomic E-state index is 0.515. The molecule has 33 heavy (non-hydrogen) atoms. The van der Waals surface area contributed by atoms with Crippen LogP contribution in [0.25, 0.3) is 0 Å². The van der Waals surface area contributed by atoms with Crippen LogP contribution in [-0.4, -0.2) is 13.2 Å².